The van der Waals surface area contributed by atoms with E-state index in [1.165, 1.54) is 23.7 Å². The Morgan fingerprint density at radius 3 is 2.46 bits per heavy atom. The summed E-state index contributed by atoms with van der Waals surface area (Å²) < 4.78 is 35.2. The molecule has 0 radical (unpaired) electrons. The lowest BCUT2D eigenvalue weighted by Crippen LogP contribution is -1.96. The summed E-state index contributed by atoms with van der Waals surface area (Å²) in [6.45, 7) is 7.19. The van der Waals surface area contributed by atoms with Crippen molar-refractivity contribution in [3.8, 4) is 5.75 Å². The summed E-state index contributed by atoms with van der Waals surface area (Å²) >= 11 is 0.710. The summed E-state index contributed by atoms with van der Waals surface area (Å²) in [5.41, 5.74) is 3.43. The minimum Gasteiger partial charge on any atom is -0.420 e. The van der Waals surface area contributed by atoms with Gasteiger partial charge in [-0.05, 0) is 55.7 Å². The lowest BCUT2D eigenvalue weighted by molar-refractivity contribution is 0.531. The number of rotatable bonds is 5. The van der Waals surface area contributed by atoms with Crippen LogP contribution in [-0.2, 0) is 6.54 Å². The van der Waals surface area contributed by atoms with Crippen molar-refractivity contribution in [3.63, 3.8) is 0 Å². The Morgan fingerprint density at radius 2 is 1.79 bits per heavy atom. The molecule has 3 rings (SSSR count). The van der Waals surface area contributed by atoms with Gasteiger partial charge in [0.25, 0.3) is 0 Å². The zero-order chi connectivity index (χ0) is 17.3. The molecule has 0 saturated heterocycles. The number of aryl methyl sites for hydroxylation is 3. The Bertz CT molecular complexity index is 868. The summed E-state index contributed by atoms with van der Waals surface area (Å²) in [5, 5.41) is 1.10. The highest BCUT2D eigenvalue weighted by Crippen LogP contribution is 2.33. The number of nitrogens with zero attached hydrogens (tertiary/aromatic N) is 1. The van der Waals surface area contributed by atoms with Crippen LogP contribution in [0.2, 0.25) is 0 Å². The van der Waals surface area contributed by atoms with Crippen molar-refractivity contribution in [2.24, 2.45) is 0 Å². The van der Waals surface area contributed by atoms with Crippen LogP contribution in [-0.4, -0.2) is 4.57 Å². The Morgan fingerprint density at radius 1 is 1.08 bits per heavy atom. The standard InChI is InChI=1S/C19H19F2NOS/c1-4-8-22-11-13(3)15-10-14(9-12(2)18(15)22)23-24-19-16(20)6-5-7-17(19)21/h5-7,9-11H,4,8H2,1-3H3. The molecule has 0 aliphatic carbocycles. The molecule has 0 spiro atoms. The Hall–Kier alpha value is -2.01. The first-order valence-electron chi connectivity index (χ1n) is 7.90. The van der Waals surface area contributed by atoms with E-state index in [1.807, 2.05) is 19.1 Å². The third-order valence-electron chi connectivity index (χ3n) is 3.94. The van der Waals surface area contributed by atoms with Gasteiger partial charge in [-0.25, -0.2) is 8.78 Å². The normalized spacial score (nSPS) is 11.2. The monoisotopic (exact) mass is 347 g/mol. The van der Waals surface area contributed by atoms with Crippen LogP contribution in [0.15, 0.2) is 41.4 Å². The van der Waals surface area contributed by atoms with E-state index >= 15 is 0 Å². The highest BCUT2D eigenvalue weighted by Gasteiger charge is 2.13. The summed E-state index contributed by atoms with van der Waals surface area (Å²) in [6, 6.07) is 7.61. The Labute approximate surface area is 144 Å². The van der Waals surface area contributed by atoms with Crippen molar-refractivity contribution in [1.29, 1.82) is 0 Å². The van der Waals surface area contributed by atoms with Gasteiger partial charge in [-0.2, -0.15) is 0 Å². The van der Waals surface area contributed by atoms with Crippen LogP contribution >= 0.6 is 12.0 Å². The maximum absolute atomic E-state index is 13.7. The van der Waals surface area contributed by atoms with Crippen molar-refractivity contribution in [2.75, 3.05) is 0 Å². The van der Waals surface area contributed by atoms with Crippen LogP contribution in [0.4, 0.5) is 8.78 Å². The molecule has 5 heteroatoms. The van der Waals surface area contributed by atoms with Gasteiger partial charge in [-0.15, -0.1) is 0 Å². The van der Waals surface area contributed by atoms with Gasteiger partial charge in [0.15, 0.2) is 0 Å². The molecular formula is C19H19F2NOS. The van der Waals surface area contributed by atoms with Crippen molar-refractivity contribution in [3.05, 3.63) is 59.3 Å². The second kappa shape index (κ2) is 6.85. The van der Waals surface area contributed by atoms with E-state index in [0.717, 1.165) is 29.5 Å². The number of aromatic nitrogens is 1. The predicted octanol–water partition coefficient (Wildman–Crippen LogP) is 6.03. The van der Waals surface area contributed by atoms with Crippen LogP contribution in [0, 0.1) is 25.5 Å². The zero-order valence-corrected chi connectivity index (χ0v) is 14.7. The molecular weight excluding hydrogens is 328 g/mol. The minimum atomic E-state index is -0.622. The second-order valence-electron chi connectivity index (χ2n) is 5.86. The molecule has 0 atom stereocenters. The number of hydrogen-bond donors (Lipinski definition) is 0. The predicted molar refractivity (Wildman–Crippen MR) is 94.5 cm³/mol. The van der Waals surface area contributed by atoms with Gasteiger partial charge < -0.3 is 8.75 Å². The maximum Gasteiger partial charge on any atom is 0.143 e. The first-order valence-corrected chi connectivity index (χ1v) is 8.64. The van der Waals surface area contributed by atoms with Crippen LogP contribution in [0.5, 0.6) is 5.75 Å². The van der Waals surface area contributed by atoms with E-state index in [2.05, 4.69) is 24.6 Å². The van der Waals surface area contributed by atoms with Gasteiger partial charge in [0, 0.05) is 18.1 Å². The van der Waals surface area contributed by atoms with Crippen molar-refractivity contribution < 1.29 is 13.0 Å². The van der Waals surface area contributed by atoms with Crippen LogP contribution < -0.4 is 4.18 Å². The summed E-state index contributed by atoms with van der Waals surface area (Å²) in [5.74, 6) is -0.656. The SMILES string of the molecule is CCCn1cc(C)c2cc(OSc3c(F)cccc3F)cc(C)c21. The average Bonchev–Trinajstić information content (AvgIpc) is 2.84. The fraction of sp³-hybridized carbons (Fsp3) is 0.263. The number of hydrogen-bond acceptors (Lipinski definition) is 2. The molecule has 1 heterocycles. The fourth-order valence-corrected chi connectivity index (χ4v) is 3.48. The van der Waals surface area contributed by atoms with E-state index in [1.54, 1.807) is 0 Å². The quantitative estimate of drug-likeness (QED) is 0.523. The number of halogens is 2. The minimum absolute atomic E-state index is 0.129. The Balaban J connectivity index is 1.92. The Kier molecular flexibility index (Phi) is 4.81. The summed E-state index contributed by atoms with van der Waals surface area (Å²) in [6.07, 6.45) is 3.19. The van der Waals surface area contributed by atoms with Crippen LogP contribution in [0.25, 0.3) is 10.9 Å². The van der Waals surface area contributed by atoms with Crippen molar-refractivity contribution in [2.45, 2.75) is 38.6 Å². The van der Waals surface area contributed by atoms with Gasteiger partial charge in [-0.1, -0.05) is 13.0 Å². The van der Waals surface area contributed by atoms with Crippen LogP contribution in [0.3, 0.4) is 0 Å². The van der Waals surface area contributed by atoms with Gasteiger partial charge in [0.05, 0.1) is 17.6 Å². The molecule has 0 fully saturated rings. The first kappa shape index (κ1) is 16.8. The summed E-state index contributed by atoms with van der Waals surface area (Å²) in [4.78, 5) is -0.129. The topological polar surface area (TPSA) is 14.2 Å². The van der Waals surface area contributed by atoms with Gasteiger partial charge >= 0.3 is 0 Å². The first-order chi connectivity index (χ1) is 11.5. The molecule has 0 N–H and O–H groups in total. The van der Waals surface area contributed by atoms with E-state index in [9.17, 15) is 8.78 Å². The maximum atomic E-state index is 13.7. The van der Waals surface area contributed by atoms with Gasteiger partial charge in [0.2, 0.25) is 0 Å². The largest absolute Gasteiger partial charge is 0.420 e. The molecule has 3 aromatic rings. The number of benzene rings is 2. The van der Waals surface area contributed by atoms with E-state index < -0.39 is 11.6 Å². The average molecular weight is 347 g/mol. The zero-order valence-electron chi connectivity index (χ0n) is 13.9. The molecule has 2 nitrogen and oxygen atoms in total. The smallest absolute Gasteiger partial charge is 0.143 e. The van der Waals surface area contributed by atoms with E-state index in [4.69, 9.17) is 4.18 Å². The lowest BCUT2D eigenvalue weighted by atomic mass is 10.1. The van der Waals surface area contributed by atoms with Gasteiger partial charge in [0.1, 0.15) is 22.3 Å². The van der Waals surface area contributed by atoms with Crippen molar-refractivity contribution >= 4 is 22.9 Å². The molecule has 1 aromatic heterocycles. The van der Waals surface area contributed by atoms with Crippen LogP contribution in [0.1, 0.15) is 24.5 Å². The third kappa shape index (κ3) is 3.13. The van der Waals surface area contributed by atoms with E-state index in [-0.39, 0.29) is 4.90 Å². The number of fused-ring (bicyclic) bond motifs is 1. The third-order valence-corrected chi connectivity index (χ3v) is 4.77. The molecule has 24 heavy (non-hydrogen) atoms. The molecule has 0 saturated carbocycles. The van der Waals surface area contributed by atoms with E-state index in [0.29, 0.717) is 17.8 Å². The van der Waals surface area contributed by atoms with Crippen molar-refractivity contribution in [1.82, 2.24) is 4.57 Å². The lowest BCUT2D eigenvalue weighted by Gasteiger charge is -2.10. The molecule has 0 aliphatic heterocycles. The second-order valence-corrected chi connectivity index (χ2v) is 6.60. The molecule has 0 amide bonds. The fourth-order valence-electron chi connectivity index (χ4n) is 2.91. The molecule has 0 unspecified atom stereocenters. The highest BCUT2D eigenvalue weighted by atomic mass is 32.2. The molecule has 126 valence electrons. The molecule has 0 aliphatic rings. The highest BCUT2D eigenvalue weighted by molar-refractivity contribution is 7.95. The van der Waals surface area contributed by atoms with Gasteiger partial charge in [-0.3, -0.25) is 0 Å². The summed E-state index contributed by atoms with van der Waals surface area (Å²) in [7, 11) is 0. The molecule has 0 bridgehead atoms. The molecule has 2 aromatic carbocycles.